The summed E-state index contributed by atoms with van der Waals surface area (Å²) in [5.41, 5.74) is 0.820. The molecule has 1 aliphatic rings. The Balaban J connectivity index is 1.61. The lowest BCUT2D eigenvalue weighted by Crippen LogP contribution is -2.28. The van der Waals surface area contributed by atoms with Crippen LogP contribution in [0.1, 0.15) is 25.7 Å². The number of benzene rings is 2. The molecule has 0 aliphatic heterocycles. The van der Waals surface area contributed by atoms with Crippen molar-refractivity contribution in [2.24, 2.45) is 5.92 Å². The van der Waals surface area contributed by atoms with Gasteiger partial charge in [-0.25, -0.2) is 14.4 Å². The van der Waals surface area contributed by atoms with Crippen molar-refractivity contribution < 1.29 is 23.4 Å². The molecule has 168 valence electrons. The number of esters is 1. The van der Waals surface area contributed by atoms with E-state index in [1.807, 2.05) is 0 Å². The number of nitrogens with one attached hydrogen (secondary N) is 1. The van der Waals surface area contributed by atoms with Crippen molar-refractivity contribution in [2.45, 2.75) is 31.8 Å². The van der Waals surface area contributed by atoms with Crippen LogP contribution in [-0.2, 0) is 9.53 Å². The van der Waals surface area contributed by atoms with Crippen LogP contribution in [0.25, 0.3) is 10.9 Å². The molecule has 2 aromatic carbocycles. The van der Waals surface area contributed by atoms with E-state index >= 15 is 0 Å². The largest absolute Gasteiger partial charge is 0.493 e. The van der Waals surface area contributed by atoms with Crippen LogP contribution >= 0.6 is 11.6 Å². The summed E-state index contributed by atoms with van der Waals surface area (Å²) in [6, 6.07) is 8.25. The van der Waals surface area contributed by atoms with Crippen LogP contribution in [0.15, 0.2) is 36.7 Å². The predicted octanol–water partition coefficient (Wildman–Crippen LogP) is 5.29. The molecular formula is C23H23ClFN3O4. The lowest BCUT2D eigenvalue weighted by atomic mass is 9.87. The third-order valence-corrected chi connectivity index (χ3v) is 5.92. The number of carbonyl (C=O) groups excluding carboxylic acids is 1. The molecule has 32 heavy (non-hydrogen) atoms. The fourth-order valence-electron chi connectivity index (χ4n) is 3.91. The van der Waals surface area contributed by atoms with Gasteiger partial charge in [-0.3, -0.25) is 4.79 Å². The first-order valence-corrected chi connectivity index (χ1v) is 10.7. The molecule has 1 N–H and O–H groups in total. The zero-order chi connectivity index (χ0) is 22.7. The van der Waals surface area contributed by atoms with Crippen LogP contribution in [0.3, 0.4) is 0 Å². The summed E-state index contributed by atoms with van der Waals surface area (Å²) in [6.45, 7) is 0. The zero-order valence-corrected chi connectivity index (χ0v) is 18.5. The normalized spacial score (nSPS) is 18.2. The van der Waals surface area contributed by atoms with Gasteiger partial charge >= 0.3 is 5.97 Å². The first-order valence-electron chi connectivity index (χ1n) is 10.3. The minimum absolute atomic E-state index is 0.0154. The van der Waals surface area contributed by atoms with Gasteiger partial charge in [-0.2, -0.15) is 0 Å². The molecular weight excluding hydrogens is 437 g/mol. The van der Waals surface area contributed by atoms with Crippen LogP contribution in [-0.4, -0.2) is 36.3 Å². The van der Waals surface area contributed by atoms with Crippen LogP contribution in [0.4, 0.5) is 15.9 Å². The van der Waals surface area contributed by atoms with Crippen LogP contribution in [0.5, 0.6) is 11.5 Å². The maximum absolute atomic E-state index is 14.4. The molecule has 0 bridgehead atoms. The van der Waals surface area contributed by atoms with E-state index in [0.717, 1.165) is 12.8 Å². The van der Waals surface area contributed by atoms with E-state index in [2.05, 4.69) is 15.3 Å². The highest BCUT2D eigenvalue weighted by Gasteiger charge is 2.28. The maximum Gasteiger partial charge on any atom is 0.308 e. The van der Waals surface area contributed by atoms with E-state index in [1.165, 1.54) is 19.5 Å². The summed E-state index contributed by atoms with van der Waals surface area (Å²) >= 11 is 5.90. The van der Waals surface area contributed by atoms with Gasteiger partial charge in [-0.1, -0.05) is 17.7 Å². The number of halogens is 2. The fourth-order valence-corrected chi connectivity index (χ4v) is 4.08. The molecule has 4 rings (SSSR count). The Morgan fingerprint density at radius 3 is 2.62 bits per heavy atom. The zero-order valence-electron chi connectivity index (χ0n) is 17.7. The number of fused-ring (bicyclic) bond motifs is 1. The number of ether oxygens (including phenoxy) is 3. The highest BCUT2D eigenvalue weighted by molar-refractivity contribution is 6.31. The molecule has 0 unspecified atom stereocenters. The van der Waals surface area contributed by atoms with Crippen molar-refractivity contribution in [1.82, 2.24) is 9.97 Å². The molecule has 9 heteroatoms. The van der Waals surface area contributed by atoms with E-state index in [1.54, 1.807) is 31.4 Å². The first-order chi connectivity index (χ1) is 15.5. The molecule has 0 radical (unpaired) electrons. The molecule has 1 heterocycles. The number of hydrogen-bond acceptors (Lipinski definition) is 7. The topological polar surface area (TPSA) is 82.6 Å². The molecule has 1 fully saturated rings. The van der Waals surface area contributed by atoms with Gasteiger partial charge < -0.3 is 19.5 Å². The highest BCUT2D eigenvalue weighted by atomic mass is 35.5. The second-order valence-corrected chi connectivity index (χ2v) is 7.99. The second-order valence-electron chi connectivity index (χ2n) is 7.58. The number of carbonyl (C=O) groups is 1. The average molecular weight is 460 g/mol. The van der Waals surface area contributed by atoms with Crippen molar-refractivity contribution in [1.29, 1.82) is 0 Å². The van der Waals surface area contributed by atoms with Gasteiger partial charge in [0.15, 0.2) is 17.3 Å². The Kier molecular flexibility index (Phi) is 6.60. The lowest BCUT2D eigenvalue weighted by molar-refractivity contribution is -0.147. The quantitative estimate of drug-likeness (QED) is 0.502. The van der Waals surface area contributed by atoms with E-state index in [0.29, 0.717) is 41.1 Å². The summed E-state index contributed by atoms with van der Waals surface area (Å²) in [5.74, 6) is 0.659. The van der Waals surface area contributed by atoms with Crippen LogP contribution < -0.4 is 14.8 Å². The highest BCUT2D eigenvalue weighted by Crippen LogP contribution is 2.38. The van der Waals surface area contributed by atoms with Crippen LogP contribution in [0, 0.1) is 11.7 Å². The number of rotatable bonds is 6. The van der Waals surface area contributed by atoms with Crippen molar-refractivity contribution in [3.8, 4) is 11.5 Å². The Morgan fingerprint density at radius 2 is 1.91 bits per heavy atom. The molecule has 3 aromatic rings. The standard InChI is InChI=1S/C23H23ClFN3O4/c1-30-19-11-18-15(10-20(19)32-14-8-6-13(7-9-14)23(29)31-2)22(27-12-26-18)28-17-5-3-4-16(24)21(17)25/h3-5,10-14H,6-9H2,1-2H3,(H,26,27,28). The Labute approximate surface area is 189 Å². The molecule has 0 amide bonds. The maximum atomic E-state index is 14.4. The molecule has 0 atom stereocenters. The van der Waals surface area contributed by atoms with Crippen molar-refractivity contribution in [2.75, 3.05) is 19.5 Å². The molecule has 7 nitrogen and oxygen atoms in total. The summed E-state index contributed by atoms with van der Waals surface area (Å²) in [4.78, 5) is 20.3. The van der Waals surface area contributed by atoms with E-state index in [-0.39, 0.29) is 28.7 Å². The number of nitrogens with zero attached hydrogens (tertiary/aromatic N) is 2. The Morgan fingerprint density at radius 1 is 1.12 bits per heavy atom. The molecule has 0 saturated heterocycles. The minimum atomic E-state index is -0.562. The van der Waals surface area contributed by atoms with Crippen molar-refractivity contribution >= 4 is 40.0 Å². The van der Waals surface area contributed by atoms with E-state index in [4.69, 9.17) is 25.8 Å². The van der Waals surface area contributed by atoms with Crippen LogP contribution in [0.2, 0.25) is 5.02 Å². The average Bonchev–Trinajstić information content (AvgIpc) is 2.82. The molecule has 1 aromatic heterocycles. The van der Waals surface area contributed by atoms with Gasteiger partial charge in [0.2, 0.25) is 0 Å². The molecule has 1 aliphatic carbocycles. The summed E-state index contributed by atoms with van der Waals surface area (Å²) in [6.07, 6.45) is 4.19. The van der Waals surface area contributed by atoms with Crippen molar-refractivity contribution in [3.05, 3.63) is 47.5 Å². The van der Waals surface area contributed by atoms with Gasteiger partial charge in [-0.15, -0.1) is 0 Å². The minimum Gasteiger partial charge on any atom is -0.493 e. The summed E-state index contributed by atoms with van der Waals surface area (Å²) in [5, 5.41) is 3.65. The molecule has 0 spiro atoms. The summed E-state index contributed by atoms with van der Waals surface area (Å²) in [7, 11) is 2.97. The second kappa shape index (κ2) is 9.56. The number of hydrogen-bond donors (Lipinski definition) is 1. The van der Waals surface area contributed by atoms with Gasteiger partial charge in [0, 0.05) is 11.5 Å². The SMILES string of the molecule is COC(=O)C1CCC(Oc2cc3c(Nc4cccc(Cl)c4F)ncnc3cc2OC)CC1. The Bertz CT molecular complexity index is 1140. The third kappa shape index (κ3) is 4.55. The predicted molar refractivity (Wildman–Crippen MR) is 119 cm³/mol. The monoisotopic (exact) mass is 459 g/mol. The molecule has 1 saturated carbocycles. The van der Waals surface area contributed by atoms with E-state index < -0.39 is 5.82 Å². The third-order valence-electron chi connectivity index (χ3n) is 5.63. The lowest BCUT2D eigenvalue weighted by Gasteiger charge is -2.28. The van der Waals surface area contributed by atoms with Gasteiger partial charge in [0.1, 0.15) is 12.1 Å². The first kappa shape index (κ1) is 22.1. The van der Waals surface area contributed by atoms with Gasteiger partial charge in [-0.05, 0) is 43.9 Å². The van der Waals surface area contributed by atoms with Gasteiger partial charge in [0.05, 0.1) is 42.5 Å². The number of aromatic nitrogens is 2. The van der Waals surface area contributed by atoms with E-state index in [9.17, 15) is 9.18 Å². The van der Waals surface area contributed by atoms with Crippen molar-refractivity contribution in [3.63, 3.8) is 0 Å². The number of anilines is 2. The fraction of sp³-hybridized carbons (Fsp3) is 0.348. The summed E-state index contributed by atoms with van der Waals surface area (Å²) < 4.78 is 31.0. The smallest absolute Gasteiger partial charge is 0.308 e. The Hall–Kier alpha value is -3.13. The van der Waals surface area contributed by atoms with Gasteiger partial charge in [0.25, 0.3) is 0 Å². The number of methoxy groups -OCH3 is 2.